The Bertz CT molecular complexity index is 1400. The molecule has 0 unspecified atom stereocenters. The van der Waals surface area contributed by atoms with E-state index in [-0.39, 0.29) is 30.2 Å². The van der Waals surface area contributed by atoms with Crippen molar-refractivity contribution in [3.63, 3.8) is 0 Å². The van der Waals surface area contributed by atoms with Crippen LogP contribution in [-0.4, -0.2) is 45.4 Å². The van der Waals surface area contributed by atoms with Crippen molar-refractivity contribution in [3.8, 4) is 16.9 Å². The van der Waals surface area contributed by atoms with Gasteiger partial charge in [-0.3, -0.25) is 19.3 Å². The second kappa shape index (κ2) is 13.7. The summed E-state index contributed by atoms with van der Waals surface area (Å²) in [6.07, 6.45) is 11.5. The molecule has 2 saturated carbocycles. The molecule has 8 nitrogen and oxygen atoms in total. The van der Waals surface area contributed by atoms with Gasteiger partial charge in [-0.05, 0) is 114 Å². The standard InChI is InChI=1S/C35H46N4O4/c1-23(2)39-22-30(20-36-39)29-6-5-7-31(19-29)38(35(42)28-14-8-25(9-15-28)18-34(40)41)21-26-10-12-27(13-11-26)32-16-17-33(43-4)24(3)37-32/h5-7,16-17,19-20,22-23,25-28H,8-15,18,21H2,1-4H3,(H,40,41)/t25-,26-,27-,28-. The van der Waals surface area contributed by atoms with Gasteiger partial charge in [-0.1, -0.05) is 12.1 Å². The van der Waals surface area contributed by atoms with Crippen LogP contribution in [0, 0.1) is 24.7 Å². The third-order valence-corrected chi connectivity index (χ3v) is 9.53. The summed E-state index contributed by atoms with van der Waals surface area (Å²) in [6.45, 7) is 6.91. The first kappa shape index (κ1) is 30.8. The van der Waals surface area contributed by atoms with Gasteiger partial charge in [-0.15, -0.1) is 0 Å². The summed E-state index contributed by atoms with van der Waals surface area (Å²) < 4.78 is 7.36. The molecule has 2 aliphatic carbocycles. The van der Waals surface area contributed by atoms with E-state index in [0.717, 1.165) is 85.3 Å². The Labute approximate surface area is 255 Å². The number of aliphatic carboxylic acids is 1. The molecule has 0 atom stereocenters. The highest BCUT2D eigenvalue weighted by molar-refractivity contribution is 5.95. The summed E-state index contributed by atoms with van der Waals surface area (Å²) in [4.78, 5) is 32.3. The number of ether oxygens (including phenoxy) is 1. The van der Waals surface area contributed by atoms with Crippen LogP contribution in [0.25, 0.3) is 11.1 Å². The largest absolute Gasteiger partial charge is 0.495 e. The minimum Gasteiger partial charge on any atom is -0.495 e. The molecule has 0 aliphatic heterocycles. The Balaban J connectivity index is 1.33. The van der Waals surface area contributed by atoms with E-state index in [1.54, 1.807) is 7.11 Å². The van der Waals surface area contributed by atoms with Crippen LogP contribution in [0.5, 0.6) is 5.75 Å². The fourth-order valence-electron chi connectivity index (χ4n) is 6.94. The van der Waals surface area contributed by atoms with Crippen LogP contribution in [0.2, 0.25) is 0 Å². The maximum Gasteiger partial charge on any atom is 0.303 e. The maximum absolute atomic E-state index is 14.2. The Morgan fingerprint density at radius 1 is 1.00 bits per heavy atom. The van der Waals surface area contributed by atoms with Gasteiger partial charge < -0.3 is 14.7 Å². The number of aryl methyl sites for hydroxylation is 1. The quantitative estimate of drug-likeness (QED) is 0.265. The molecular formula is C35H46N4O4. The fraction of sp³-hybridized carbons (Fsp3) is 0.543. The maximum atomic E-state index is 14.2. The summed E-state index contributed by atoms with van der Waals surface area (Å²) in [7, 11) is 1.68. The monoisotopic (exact) mass is 586 g/mol. The number of carbonyl (C=O) groups is 2. The molecule has 0 spiro atoms. The zero-order chi connectivity index (χ0) is 30.5. The van der Waals surface area contributed by atoms with Crippen LogP contribution in [0.3, 0.4) is 0 Å². The number of hydrogen-bond acceptors (Lipinski definition) is 5. The van der Waals surface area contributed by atoms with Crippen molar-refractivity contribution in [3.05, 3.63) is 60.2 Å². The molecule has 5 rings (SSSR count). The molecule has 2 aromatic heterocycles. The van der Waals surface area contributed by atoms with Gasteiger partial charge in [0.25, 0.3) is 0 Å². The molecule has 2 heterocycles. The highest BCUT2D eigenvalue weighted by Gasteiger charge is 2.33. The van der Waals surface area contributed by atoms with E-state index in [1.807, 2.05) is 34.8 Å². The first-order valence-corrected chi connectivity index (χ1v) is 15.9. The molecule has 8 heteroatoms. The number of carbonyl (C=O) groups excluding carboxylic acids is 1. The zero-order valence-electron chi connectivity index (χ0n) is 26.0. The van der Waals surface area contributed by atoms with Gasteiger partial charge in [0, 0.05) is 54.0 Å². The SMILES string of the molecule is COc1ccc([C@H]2CC[C@H](CN(c3cccc(-c4cnn(C(C)C)c4)c3)C(=O)[C@H]3CC[C@H](CC(=O)O)CC3)CC2)nc1C. The minimum atomic E-state index is -0.746. The van der Waals surface area contributed by atoms with Gasteiger partial charge in [-0.25, -0.2) is 0 Å². The molecule has 43 heavy (non-hydrogen) atoms. The number of rotatable bonds is 10. The van der Waals surface area contributed by atoms with Crippen molar-refractivity contribution in [2.45, 2.75) is 90.5 Å². The van der Waals surface area contributed by atoms with Gasteiger partial charge in [-0.2, -0.15) is 5.10 Å². The topological polar surface area (TPSA) is 97.6 Å². The highest BCUT2D eigenvalue weighted by atomic mass is 16.5. The normalized spacial score (nSPS) is 22.3. The highest BCUT2D eigenvalue weighted by Crippen LogP contribution is 2.39. The molecular weight excluding hydrogens is 540 g/mol. The number of carboxylic acids is 1. The summed E-state index contributed by atoms with van der Waals surface area (Å²) in [5.74, 6) is 1.19. The second-order valence-corrected chi connectivity index (χ2v) is 12.9. The van der Waals surface area contributed by atoms with Crippen molar-refractivity contribution < 1.29 is 19.4 Å². The smallest absolute Gasteiger partial charge is 0.303 e. The van der Waals surface area contributed by atoms with Crippen LogP contribution >= 0.6 is 0 Å². The van der Waals surface area contributed by atoms with Crippen LogP contribution in [0.4, 0.5) is 5.69 Å². The van der Waals surface area contributed by atoms with Crippen molar-refractivity contribution in [1.29, 1.82) is 0 Å². The minimum absolute atomic E-state index is 0.0693. The summed E-state index contributed by atoms with van der Waals surface area (Å²) in [5.41, 5.74) is 5.09. The molecule has 1 N–H and O–H groups in total. The summed E-state index contributed by atoms with van der Waals surface area (Å²) in [6, 6.07) is 12.7. The summed E-state index contributed by atoms with van der Waals surface area (Å²) >= 11 is 0. The molecule has 3 aromatic rings. The third-order valence-electron chi connectivity index (χ3n) is 9.53. The number of pyridine rings is 1. The van der Waals surface area contributed by atoms with E-state index in [2.05, 4.69) is 49.4 Å². The molecule has 0 bridgehead atoms. The Kier molecular flexibility index (Phi) is 9.83. The predicted octanol–water partition coefficient (Wildman–Crippen LogP) is 7.43. The fourth-order valence-corrected chi connectivity index (χ4v) is 6.94. The molecule has 0 saturated heterocycles. The van der Waals surface area contributed by atoms with Gasteiger partial charge in [0.2, 0.25) is 5.91 Å². The van der Waals surface area contributed by atoms with Crippen molar-refractivity contribution in [2.24, 2.45) is 17.8 Å². The van der Waals surface area contributed by atoms with Crippen molar-refractivity contribution >= 4 is 17.6 Å². The first-order chi connectivity index (χ1) is 20.7. The van der Waals surface area contributed by atoms with Crippen LogP contribution in [0.15, 0.2) is 48.8 Å². The number of benzene rings is 1. The predicted molar refractivity (Wildman–Crippen MR) is 168 cm³/mol. The molecule has 2 fully saturated rings. The van der Waals surface area contributed by atoms with E-state index in [9.17, 15) is 14.7 Å². The van der Waals surface area contributed by atoms with Gasteiger partial charge in [0.1, 0.15) is 5.75 Å². The van der Waals surface area contributed by atoms with Crippen LogP contribution < -0.4 is 9.64 Å². The number of hydrogen-bond donors (Lipinski definition) is 1. The number of methoxy groups -OCH3 is 1. The third kappa shape index (κ3) is 7.46. The zero-order valence-corrected chi connectivity index (χ0v) is 26.0. The Hall–Kier alpha value is -3.68. The van der Waals surface area contributed by atoms with Crippen molar-refractivity contribution in [2.75, 3.05) is 18.6 Å². The lowest BCUT2D eigenvalue weighted by Gasteiger charge is -2.36. The number of nitrogens with zero attached hydrogens (tertiary/aromatic N) is 4. The van der Waals surface area contributed by atoms with E-state index >= 15 is 0 Å². The van der Waals surface area contributed by atoms with E-state index in [4.69, 9.17) is 9.72 Å². The number of carboxylic acid groups (broad SMARTS) is 1. The Morgan fingerprint density at radius 3 is 2.35 bits per heavy atom. The van der Waals surface area contributed by atoms with E-state index in [0.29, 0.717) is 18.4 Å². The molecule has 1 amide bonds. The average molecular weight is 587 g/mol. The van der Waals surface area contributed by atoms with E-state index < -0.39 is 5.97 Å². The van der Waals surface area contributed by atoms with Crippen LogP contribution in [-0.2, 0) is 9.59 Å². The molecule has 230 valence electrons. The lowest BCUT2D eigenvalue weighted by molar-refractivity contribution is -0.138. The van der Waals surface area contributed by atoms with Crippen molar-refractivity contribution in [1.82, 2.24) is 14.8 Å². The van der Waals surface area contributed by atoms with Gasteiger partial charge >= 0.3 is 5.97 Å². The lowest BCUT2D eigenvalue weighted by Crippen LogP contribution is -2.41. The second-order valence-electron chi connectivity index (χ2n) is 12.9. The molecule has 0 radical (unpaired) electrons. The van der Waals surface area contributed by atoms with Gasteiger partial charge in [0.15, 0.2) is 0 Å². The number of aromatic nitrogens is 3. The number of amides is 1. The number of anilines is 1. The molecule has 2 aliphatic rings. The lowest BCUT2D eigenvalue weighted by atomic mass is 9.78. The van der Waals surface area contributed by atoms with Gasteiger partial charge in [0.05, 0.1) is 19.0 Å². The molecule has 1 aromatic carbocycles. The first-order valence-electron chi connectivity index (χ1n) is 15.9. The van der Waals surface area contributed by atoms with Crippen LogP contribution in [0.1, 0.15) is 95.0 Å². The summed E-state index contributed by atoms with van der Waals surface area (Å²) in [5, 5.41) is 13.8. The average Bonchev–Trinajstić information content (AvgIpc) is 3.51. The Morgan fingerprint density at radius 2 is 1.72 bits per heavy atom. The van der Waals surface area contributed by atoms with E-state index in [1.165, 1.54) is 0 Å².